The molecular formula is C18H16O. The van der Waals surface area contributed by atoms with E-state index in [9.17, 15) is 5.11 Å². The van der Waals surface area contributed by atoms with E-state index in [4.69, 9.17) is 0 Å². The number of fused-ring (bicyclic) bond motifs is 1. The van der Waals surface area contributed by atoms with Crippen molar-refractivity contribution in [1.82, 2.24) is 0 Å². The van der Waals surface area contributed by atoms with Gasteiger partial charge in [-0.25, -0.2) is 0 Å². The summed E-state index contributed by atoms with van der Waals surface area (Å²) in [6.07, 6.45) is -0.577. The number of aryl methyl sites for hydroxylation is 1. The number of aliphatic hydroxyl groups is 1. The lowest BCUT2D eigenvalue weighted by atomic mass is 9.92. The van der Waals surface area contributed by atoms with Crippen molar-refractivity contribution in [3.63, 3.8) is 0 Å². The van der Waals surface area contributed by atoms with Gasteiger partial charge in [-0.1, -0.05) is 66.7 Å². The van der Waals surface area contributed by atoms with Crippen LogP contribution in [0.25, 0.3) is 10.8 Å². The first kappa shape index (κ1) is 11.9. The van der Waals surface area contributed by atoms with Crippen LogP contribution in [0.1, 0.15) is 22.8 Å². The lowest BCUT2D eigenvalue weighted by Crippen LogP contribution is -2.02. The smallest absolute Gasteiger partial charge is 0.105 e. The lowest BCUT2D eigenvalue weighted by molar-refractivity contribution is 0.221. The molecule has 0 heterocycles. The molecule has 1 nitrogen and oxygen atoms in total. The Morgan fingerprint density at radius 3 is 2.26 bits per heavy atom. The average Bonchev–Trinajstić information content (AvgIpc) is 2.47. The first-order valence-electron chi connectivity index (χ1n) is 6.48. The van der Waals surface area contributed by atoms with E-state index in [-0.39, 0.29) is 0 Å². The van der Waals surface area contributed by atoms with Gasteiger partial charge in [-0.2, -0.15) is 0 Å². The molecule has 0 aliphatic carbocycles. The molecule has 0 aliphatic heterocycles. The van der Waals surface area contributed by atoms with Crippen LogP contribution in [-0.4, -0.2) is 5.11 Å². The predicted octanol–water partition coefficient (Wildman–Crippen LogP) is 4.23. The van der Waals surface area contributed by atoms with Crippen LogP contribution < -0.4 is 0 Å². The molecule has 0 bridgehead atoms. The normalized spacial score (nSPS) is 12.5. The minimum absolute atomic E-state index is 0.577. The van der Waals surface area contributed by atoms with Gasteiger partial charge >= 0.3 is 0 Å². The minimum atomic E-state index is -0.577. The Bertz CT molecular complexity index is 701. The topological polar surface area (TPSA) is 20.2 Å². The molecule has 3 aromatic rings. The Morgan fingerprint density at radius 2 is 1.47 bits per heavy atom. The molecular weight excluding hydrogens is 232 g/mol. The van der Waals surface area contributed by atoms with Crippen molar-refractivity contribution in [2.45, 2.75) is 13.0 Å². The van der Waals surface area contributed by atoms with Crippen LogP contribution in [0.2, 0.25) is 0 Å². The third-order valence-electron chi connectivity index (χ3n) is 3.58. The maximum Gasteiger partial charge on any atom is 0.105 e. The maximum atomic E-state index is 10.7. The van der Waals surface area contributed by atoms with E-state index in [0.29, 0.717) is 0 Å². The average molecular weight is 248 g/mol. The molecule has 1 atom stereocenters. The monoisotopic (exact) mass is 248 g/mol. The molecule has 0 saturated carbocycles. The molecule has 1 N–H and O–H groups in total. The predicted molar refractivity (Wildman–Crippen MR) is 79.2 cm³/mol. The Balaban J connectivity index is 2.22. The van der Waals surface area contributed by atoms with Crippen LogP contribution in [0.15, 0.2) is 66.7 Å². The van der Waals surface area contributed by atoms with Gasteiger partial charge < -0.3 is 5.11 Å². The molecule has 1 heteroatoms. The fraction of sp³-hybridized carbons (Fsp3) is 0.111. The molecule has 0 aromatic heterocycles. The molecule has 0 aliphatic rings. The highest BCUT2D eigenvalue weighted by Gasteiger charge is 2.15. The van der Waals surface area contributed by atoms with Crippen LogP contribution in [-0.2, 0) is 0 Å². The van der Waals surface area contributed by atoms with Crippen LogP contribution in [0.4, 0.5) is 0 Å². The number of hydrogen-bond donors (Lipinski definition) is 1. The van der Waals surface area contributed by atoms with Gasteiger partial charge in [-0.3, -0.25) is 0 Å². The van der Waals surface area contributed by atoms with E-state index in [1.165, 1.54) is 0 Å². The van der Waals surface area contributed by atoms with Gasteiger partial charge in [0.15, 0.2) is 0 Å². The maximum absolute atomic E-state index is 10.7. The standard InChI is InChI=1S/C18H16O/c1-13-11-12-14-7-5-6-10-16(14)17(13)18(19)15-8-3-2-4-9-15/h2-12,18-19H,1H3/t18-/m0/s1. The summed E-state index contributed by atoms with van der Waals surface area (Å²) in [6.45, 7) is 2.05. The van der Waals surface area contributed by atoms with Crippen molar-refractivity contribution in [3.8, 4) is 0 Å². The van der Waals surface area contributed by atoms with Gasteiger partial charge in [0.2, 0.25) is 0 Å². The molecule has 19 heavy (non-hydrogen) atoms. The summed E-state index contributed by atoms with van der Waals surface area (Å²) in [5, 5.41) is 13.0. The summed E-state index contributed by atoms with van der Waals surface area (Å²) in [5.74, 6) is 0. The molecule has 3 rings (SSSR count). The summed E-state index contributed by atoms with van der Waals surface area (Å²) in [7, 11) is 0. The number of benzene rings is 3. The van der Waals surface area contributed by atoms with Crippen molar-refractivity contribution < 1.29 is 5.11 Å². The SMILES string of the molecule is Cc1ccc2ccccc2c1[C@@H](O)c1ccccc1. The Kier molecular flexibility index (Phi) is 3.06. The molecule has 0 amide bonds. The molecule has 0 radical (unpaired) electrons. The van der Waals surface area contributed by atoms with Gasteiger partial charge in [0.05, 0.1) is 0 Å². The number of aliphatic hydroxyl groups excluding tert-OH is 1. The second-order valence-electron chi connectivity index (χ2n) is 4.83. The van der Waals surface area contributed by atoms with Crippen LogP contribution >= 0.6 is 0 Å². The summed E-state index contributed by atoms with van der Waals surface area (Å²) in [5.41, 5.74) is 3.06. The molecule has 94 valence electrons. The van der Waals surface area contributed by atoms with Gasteiger partial charge in [0, 0.05) is 0 Å². The van der Waals surface area contributed by atoms with Crippen molar-refractivity contribution in [3.05, 3.63) is 83.4 Å². The van der Waals surface area contributed by atoms with E-state index >= 15 is 0 Å². The first-order chi connectivity index (χ1) is 9.27. The Labute approximate surface area is 113 Å². The number of rotatable bonds is 2. The Morgan fingerprint density at radius 1 is 0.789 bits per heavy atom. The lowest BCUT2D eigenvalue weighted by Gasteiger charge is -2.17. The zero-order valence-electron chi connectivity index (χ0n) is 10.9. The minimum Gasteiger partial charge on any atom is -0.384 e. The summed E-state index contributed by atoms with van der Waals surface area (Å²) in [4.78, 5) is 0. The summed E-state index contributed by atoms with van der Waals surface area (Å²) < 4.78 is 0. The molecule has 3 aromatic carbocycles. The quantitative estimate of drug-likeness (QED) is 0.719. The fourth-order valence-corrected chi connectivity index (χ4v) is 2.57. The number of hydrogen-bond acceptors (Lipinski definition) is 1. The van der Waals surface area contributed by atoms with E-state index in [0.717, 1.165) is 27.5 Å². The fourth-order valence-electron chi connectivity index (χ4n) is 2.57. The zero-order valence-corrected chi connectivity index (χ0v) is 10.9. The highest BCUT2D eigenvalue weighted by Crippen LogP contribution is 2.31. The molecule has 0 spiro atoms. The van der Waals surface area contributed by atoms with Gasteiger partial charge in [0.25, 0.3) is 0 Å². The molecule has 0 fully saturated rings. The molecule has 0 saturated heterocycles. The van der Waals surface area contributed by atoms with E-state index in [1.54, 1.807) is 0 Å². The van der Waals surface area contributed by atoms with Crippen LogP contribution in [0, 0.1) is 6.92 Å². The van der Waals surface area contributed by atoms with E-state index < -0.39 is 6.10 Å². The van der Waals surface area contributed by atoms with Crippen molar-refractivity contribution >= 4 is 10.8 Å². The van der Waals surface area contributed by atoms with Crippen molar-refractivity contribution in [1.29, 1.82) is 0 Å². The van der Waals surface area contributed by atoms with Gasteiger partial charge in [-0.15, -0.1) is 0 Å². The van der Waals surface area contributed by atoms with Gasteiger partial charge in [0.1, 0.15) is 6.10 Å². The highest BCUT2D eigenvalue weighted by molar-refractivity contribution is 5.87. The third-order valence-corrected chi connectivity index (χ3v) is 3.58. The van der Waals surface area contributed by atoms with Crippen molar-refractivity contribution in [2.24, 2.45) is 0 Å². The highest BCUT2D eigenvalue weighted by atomic mass is 16.3. The third kappa shape index (κ3) is 2.13. The van der Waals surface area contributed by atoms with Gasteiger partial charge in [-0.05, 0) is 34.4 Å². The molecule has 0 unspecified atom stereocenters. The van der Waals surface area contributed by atoms with Crippen LogP contribution in [0.5, 0.6) is 0 Å². The van der Waals surface area contributed by atoms with Crippen molar-refractivity contribution in [2.75, 3.05) is 0 Å². The Hall–Kier alpha value is -2.12. The largest absolute Gasteiger partial charge is 0.384 e. The summed E-state index contributed by atoms with van der Waals surface area (Å²) in [6, 6.07) is 22.2. The van der Waals surface area contributed by atoms with Crippen LogP contribution in [0.3, 0.4) is 0 Å². The second kappa shape index (κ2) is 4.87. The van der Waals surface area contributed by atoms with E-state index in [1.807, 2.05) is 49.4 Å². The second-order valence-corrected chi connectivity index (χ2v) is 4.83. The first-order valence-corrected chi connectivity index (χ1v) is 6.48. The zero-order chi connectivity index (χ0) is 13.2. The summed E-state index contributed by atoms with van der Waals surface area (Å²) >= 11 is 0. The van der Waals surface area contributed by atoms with E-state index in [2.05, 4.69) is 24.3 Å².